The number of benzene rings is 1. The van der Waals surface area contributed by atoms with E-state index in [0.717, 1.165) is 30.6 Å². The van der Waals surface area contributed by atoms with E-state index in [1.807, 2.05) is 12.1 Å². The zero-order chi connectivity index (χ0) is 14.1. The van der Waals surface area contributed by atoms with Crippen molar-refractivity contribution in [2.45, 2.75) is 32.2 Å². The summed E-state index contributed by atoms with van der Waals surface area (Å²) in [7, 11) is 2.27. The Labute approximate surface area is 121 Å². The van der Waals surface area contributed by atoms with Crippen LogP contribution in [0.4, 0.5) is 5.69 Å². The van der Waals surface area contributed by atoms with Crippen LogP contribution in [0.5, 0.6) is 0 Å². The molecule has 0 aliphatic carbocycles. The summed E-state index contributed by atoms with van der Waals surface area (Å²) < 4.78 is 0. The molecule has 0 radical (unpaired) electrons. The minimum absolute atomic E-state index is 0.143. The van der Waals surface area contributed by atoms with Gasteiger partial charge in [0, 0.05) is 30.4 Å². The minimum Gasteiger partial charge on any atom is -0.371 e. The first-order chi connectivity index (χ1) is 9.65. The van der Waals surface area contributed by atoms with Gasteiger partial charge in [-0.1, -0.05) is 0 Å². The molecule has 3 nitrogen and oxygen atoms in total. The maximum atomic E-state index is 11.3. The largest absolute Gasteiger partial charge is 0.371 e. The average Bonchev–Trinajstić information content (AvgIpc) is 2.47. The van der Waals surface area contributed by atoms with Crippen molar-refractivity contribution in [3.63, 3.8) is 0 Å². The number of anilines is 1. The number of rotatable bonds is 2. The summed E-state index contributed by atoms with van der Waals surface area (Å²) in [6.45, 7) is 5.17. The van der Waals surface area contributed by atoms with E-state index in [-0.39, 0.29) is 5.78 Å². The standard InChI is InChI=1S/C17H24N2O/c1-13(20)14-5-7-16(8-6-14)19-11-9-17-15(12-19)4-3-10-18(17)2/h5-8,15,17H,3-4,9-12H2,1-2H3. The van der Waals surface area contributed by atoms with Crippen molar-refractivity contribution < 1.29 is 4.79 Å². The Bertz CT molecular complexity index is 482. The lowest BCUT2D eigenvalue weighted by molar-refractivity contribution is 0.101. The quantitative estimate of drug-likeness (QED) is 0.774. The third-order valence-electron chi connectivity index (χ3n) is 4.98. The molecular weight excluding hydrogens is 248 g/mol. The lowest BCUT2D eigenvalue weighted by Gasteiger charge is -2.46. The second-order valence-corrected chi connectivity index (χ2v) is 6.29. The molecule has 0 bridgehead atoms. The van der Waals surface area contributed by atoms with Gasteiger partial charge in [-0.15, -0.1) is 0 Å². The van der Waals surface area contributed by atoms with E-state index in [0.29, 0.717) is 0 Å². The molecule has 0 amide bonds. The van der Waals surface area contributed by atoms with Gasteiger partial charge in [0.25, 0.3) is 0 Å². The summed E-state index contributed by atoms with van der Waals surface area (Å²) in [4.78, 5) is 16.4. The summed E-state index contributed by atoms with van der Waals surface area (Å²) in [6, 6.07) is 8.89. The summed E-state index contributed by atoms with van der Waals surface area (Å²) in [5.41, 5.74) is 2.07. The van der Waals surface area contributed by atoms with Crippen LogP contribution in [0.25, 0.3) is 0 Å². The Morgan fingerprint density at radius 3 is 2.60 bits per heavy atom. The van der Waals surface area contributed by atoms with E-state index in [9.17, 15) is 4.79 Å². The number of likely N-dealkylation sites (tertiary alicyclic amines) is 1. The van der Waals surface area contributed by atoms with Crippen LogP contribution in [0.3, 0.4) is 0 Å². The van der Waals surface area contributed by atoms with Gasteiger partial charge >= 0.3 is 0 Å². The van der Waals surface area contributed by atoms with Gasteiger partial charge in [-0.3, -0.25) is 4.79 Å². The predicted molar refractivity (Wildman–Crippen MR) is 82.4 cm³/mol. The third kappa shape index (κ3) is 2.59. The van der Waals surface area contributed by atoms with Gasteiger partial charge in [0.15, 0.2) is 5.78 Å². The number of carbonyl (C=O) groups excluding carboxylic acids is 1. The first-order valence-electron chi connectivity index (χ1n) is 7.71. The Kier molecular flexibility index (Phi) is 3.79. The highest BCUT2D eigenvalue weighted by atomic mass is 16.1. The second kappa shape index (κ2) is 5.57. The molecule has 20 heavy (non-hydrogen) atoms. The first kappa shape index (κ1) is 13.6. The Morgan fingerprint density at radius 2 is 1.90 bits per heavy atom. The van der Waals surface area contributed by atoms with Crippen molar-refractivity contribution >= 4 is 11.5 Å². The fourth-order valence-electron chi connectivity index (χ4n) is 3.79. The van der Waals surface area contributed by atoms with Crippen LogP contribution >= 0.6 is 0 Å². The van der Waals surface area contributed by atoms with E-state index in [1.54, 1.807) is 6.92 Å². The van der Waals surface area contributed by atoms with E-state index in [1.165, 1.54) is 31.5 Å². The fourth-order valence-corrected chi connectivity index (χ4v) is 3.79. The van der Waals surface area contributed by atoms with E-state index < -0.39 is 0 Å². The minimum atomic E-state index is 0.143. The van der Waals surface area contributed by atoms with Crippen LogP contribution in [0.2, 0.25) is 0 Å². The normalized spacial score (nSPS) is 27.2. The number of Topliss-reactive ketones (excluding diaryl/α,β-unsaturated/α-hetero) is 1. The number of hydrogen-bond donors (Lipinski definition) is 0. The van der Waals surface area contributed by atoms with E-state index in [4.69, 9.17) is 0 Å². The number of carbonyl (C=O) groups is 1. The van der Waals surface area contributed by atoms with E-state index in [2.05, 4.69) is 29.0 Å². The van der Waals surface area contributed by atoms with Gasteiger partial charge in [0.1, 0.15) is 0 Å². The maximum absolute atomic E-state index is 11.3. The van der Waals surface area contributed by atoms with Gasteiger partial charge in [0.05, 0.1) is 0 Å². The maximum Gasteiger partial charge on any atom is 0.159 e. The molecule has 0 saturated carbocycles. The lowest BCUT2D eigenvalue weighted by atomic mass is 9.84. The summed E-state index contributed by atoms with van der Waals surface area (Å²) in [5, 5.41) is 0. The monoisotopic (exact) mass is 272 g/mol. The molecule has 2 unspecified atom stereocenters. The molecule has 1 aromatic rings. The smallest absolute Gasteiger partial charge is 0.159 e. The first-order valence-corrected chi connectivity index (χ1v) is 7.71. The SMILES string of the molecule is CC(=O)c1ccc(N2CCC3C(CCCN3C)C2)cc1. The van der Waals surface area contributed by atoms with Gasteiger partial charge in [-0.25, -0.2) is 0 Å². The highest BCUT2D eigenvalue weighted by Gasteiger charge is 2.34. The van der Waals surface area contributed by atoms with Crippen molar-refractivity contribution in [1.29, 1.82) is 0 Å². The van der Waals surface area contributed by atoms with Crippen molar-refractivity contribution in [1.82, 2.24) is 4.90 Å². The van der Waals surface area contributed by atoms with Crippen molar-refractivity contribution in [2.75, 3.05) is 31.6 Å². The van der Waals surface area contributed by atoms with Crippen molar-refractivity contribution in [3.05, 3.63) is 29.8 Å². The van der Waals surface area contributed by atoms with Gasteiger partial charge < -0.3 is 9.80 Å². The zero-order valence-corrected chi connectivity index (χ0v) is 12.5. The van der Waals surface area contributed by atoms with Crippen LogP contribution < -0.4 is 4.90 Å². The topological polar surface area (TPSA) is 23.6 Å². The average molecular weight is 272 g/mol. The van der Waals surface area contributed by atoms with Crippen molar-refractivity contribution in [3.8, 4) is 0 Å². The van der Waals surface area contributed by atoms with Gasteiger partial charge in [-0.05, 0) is 70.0 Å². The molecule has 0 spiro atoms. The Morgan fingerprint density at radius 1 is 1.15 bits per heavy atom. The molecule has 2 fully saturated rings. The molecule has 0 N–H and O–H groups in total. The molecule has 3 heteroatoms. The summed E-state index contributed by atoms with van der Waals surface area (Å²) >= 11 is 0. The lowest BCUT2D eigenvalue weighted by Crippen LogP contribution is -2.52. The molecule has 1 aromatic carbocycles. The van der Waals surface area contributed by atoms with Crippen molar-refractivity contribution in [2.24, 2.45) is 5.92 Å². The van der Waals surface area contributed by atoms with Gasteiger partial charge in [-0.2, -0.15) is 0 Å². The van der Waals surface area contributed by atoms with Crippen LogP contribution in [0, 0.1) is 5.92 Å². The molecule has 2 heterocycles. The zero-order valence-electron chi connectivity index (χ0n) is 12.5. The van der Waals surface area contributed by atoms with Crippen LogP contribution in [-0.2, 0) is 0 Å². The number of piperidine rings is 2. The highest BCUT2D eigenvalue weighted by Crippen LogP contribution is 2.31. The molecular formula is C17H24N2O. The fraction of sp³-hybridized carbons (Fsp3) is 0.588. The number of nitrogens with zero attached hydrogens (tertiary/aromatic N) is 2. The predicted octanol–water partition coefficient (Wildman–Crippen LogP) is 2.81. The number of ketones is 1. The molecule has 0 aromatic heterocycles. The third-order valence-corrected chi connectivity index (χ3v) is 4.98. The summed E-state index contributed by atoms with van der Waals surface area (Å²) in [5.74, 6) is 0.944. The Balaban J connectivity index is 1.71. The molecule has 2 saturated heterocycles. The molecule has 2 atom stereocenters. The number of fused-ring (bicyclic) bond motifs is 1. The van der Waals surface area contributed by atoms with Crippen LogP contribution in [0.15, 0.2) is 24.3 Å². The second-order valence-electron chi connectivity index (χ2n) is 6.29. The summed E-state index contributed by atoms with van der Waals surface area (Å²) in [6.07, 6.45) is 3.95. The van der Waals surface area contributed by atoms with Crippen LogP contribution in [0.1, 0.15) is 36.5 Å². The highest BCUT2D eigenvalue weighted by molar-refractivity contribution is 5.94. The molecule has 3 rings (SSSR count). The molecule has 108 valence electrons. The van der Waals surface area contributed by atoms with E-state index >= 15 is 0 Å². The molecule has 2 aliphatic rings. The van der Waals surface area contributed by atoms with Gasteiger partial charge in [0.2, 0.25) is 0 Å². The number of hydrogen-bond acceptors (Lipinski definition) is 3. The Hall–Kier alpha value is -1.35. The molecule has 2 aliphatic heterocycles. The van der Waals surface area contributed by atoms with Crippen LogP contribution in [-0.4, -0.2) is 43.4 Å².